The molecule has 0 saturated heterocycles. The molecular weight excluding hydrogens is 387 g/mol. The molecule has 2 N–H and O–H groups in total. The van der Waals surface area contributed by atoms with Crippen LogP contribution in [0, 0.1) is 3.57 Å². The van der Waals surface area contributed by atoms with Gasteiger partial charge in [-0.05, 0) is 52.4 Å². The van der Waals surface area contributed by atoms with Crippen LogP contribution >= 0.6 is 34.2 Å². The molecule has 3 rings (SSSR count). The minimum Gasteiger partial charge on any atom is -0.441 e. The molecule has 0 saturated carbocycles. The van der Waals surface area contributed by atoms with Gasteiger partial charge in [0.2, 0.25) is 0 Å². The first kappa shape index (κ1) is 13.9. The van der Waals surface area contributed by atoms with Gasteiger partial charge in [-0.25, -0.2) is 4.98 Å². The van der Waals surface area contributed by atoms with E-state index in [2.05, 4.69) is 27.6 Å². The molecule has 0 spiro atoms. The van der Waals surface area contributed by atoms with Crippen molar-refractivity contribution < 1.29 is 4.42 Å². The summed E-state index contributed by atoms with van der Waals surface area (Å²) in [6, 6.07) is 13.4. The molecule has 3 aromatic rings. The van der Waals surface area contributed by atoms with Crippen molar-refractivity contribution in [3.63, 3.8) is 0 Å². The van der Waals surface area contributed by atoms with Gasteiger partial charge in [0.1, 0.15) is 5.52 Å². The molecule has 0 bridgehead atoms. The fourth-order valence-electron chi connectivity index (χ4n) is 2.06. The maximum Gasteiger partial charge on any atom is 0.197 e. The second kappa shape index (κ2) is 5.71. The lowest BCUT2D eigenvalue weighted by Gasteiger charge is -2.10. The normalized spacial score (nSPS) is 12.8. The number of fused-ring (bicyclic) bond motifs is 1. The molecule has 0 fully saturated rings. The third-order valence-corrected chi connectivity index (χ3v) is 4.68. The summed E-state index contributed by atoms with van der Waals surface area (Å²) in [6.07, 6.45) is 0.547. The van der Waals surface area contributed by atoms with Crippen LogP contribution < -0.4 is 5.73 Å². The van der Waals surface area contributed by atoms with Crippen LogP contribution in [0.5, 0.6) is 0 Å². The van der Waals surface area contributed by atoms with Gasteiger partial charge in [0.15, 0.2) is 11.5 Å². The van der Waals surface area contributed by atoms with Gasteiger partial charge in [0.05, 0.1) is 5.02 Å². The van der Waals surface area contributed by atoms with E-state index in [9.17, 15) is 0 Å². The largest absolute Gasteiger partial charge is 0.441 e. The SMILES string of the molecule is NC(Cc1nc2ccccc2o1)c1ccc(I)c(Cl)c1. The van der Waals surface area contributed by atoms with Crippen LogP contribution in [0.25, 0.3) is 11.1 Å². The highest BCUT2D eigenvalue weighted by molar-refractivity contribution is 14.1. The first-order valence-corrected chi connectivity index (χ1v) is 7.64. The highest BCUT2D eigenvalue weighted by Gasteiger charge is 2.13. The van der Waals surface area contributed by atoms with Crippen LogP contribution in [0.3, 0.4) is 0 Å². The Hall–Kier alpha value is -1.11. The lowest BCUT2D eigenvalue weighted by molar-refractivity contribution is 0.502. The Balaban J connectivity index is 1.84. The Labute approximate surface area is 135 Å². The summed E-state index contributed by atoms with van der Waals surface area (Å²) in [5.41, 5.74) is 8.83. The maximum atomic E-state index is 6.21. The number of nitrogens with zero attached hydrogens (tertiary/aromatic N) is 1. The van der Waals surface area contributed by atoms with Gasteiger partial charge >= 0.3 is 0 Å². The predicted octanol–water partition coefficient (Wildman–Crippen LogP) is 4.33. The molecule has 1 atom stereocenters. The Bertz CT molecular complexity index is 723. The van der Waals surface area contributed by atoms with Gasteiger partial charge in [-0.1, -0.05) is 29.8 Å². The number of hydrogen-bond donors (Lipinski definition) is 1. The molecular formula is C15H12ClIN2O. The third-order valence-electron chi connectivity index (χ3n) is 3.10. The lowest BCUT2D eigenvalue weighted by Crippen LogP contribution is -2.13. The van der Waals surface area contributed by atoms with E-state index in [1.807, 2.05) is 42.5 Å². The minimum absolute atomic E-state index is 0.183. The summed E-state index contributed by atoms with van der Waals surface area (Å²) in [7, 11) is 0. The zero-order valence-electron chi connectivity index (χ0n) is 10.5. The van der Waals surface area contributed by atoms with E-state index in [4.69, 9.17) is 21.8 Å². The number of rotatable bonds is 3. The molecule has 102 valence electrons. The molecule has 1 heterocycles. The molecule has 0 aliphatic rings. The molecule has 0 aliphatic heterocycles. The standard InChI is InChI=1S/C15H12ClIN2O/c16-10-7-9(5-6-11(10)17)12(18)8-15-19-13-3-1-2-4-14(13)20-15/h1-7,12H,8,18H2. The van der Waals surface area contributed by atoms with Gasteiger partial charge in [-0.2, -0.15) is 0 Å². The summed E-state index contributed by atoms with van der Waals surface area (Å²) in [5.74, 6) is 0.647. The molecule has 1 aromatic heterocycles. The zero-order chi connectivity index (χ0) is 14.1. The molecule has 1 unspecified atom stereocenters. The fraction of sp³-hybridized carbons (Fsp3) is 0.133. The Morgan fingerprint density at radius 2 is 2.05 bits per heavy atom. The van der Waals surface area contributed by atoms with Crippen LogP contribution in [0.4, 0.5) is 0 Å². The third kappa shape index (κ3) is 2.82. The van der Waals surface area contributed by atoms with Crippen molar-refractivity contribution in [2.24, 2.45) is 5.73 Å². The van der Waals surface area contributed by atoms with Gasteiger partial charge in [0.25, 0.3) is 0 Å². The Morgan fingerprint density at radius 1 is 1.25 bits per heavy atom. The Morgan fingerprint density at radius 3 is 2.80 bits per heavy atom. The van der Waals surface area contributed by atoms with Crippen molar-refractivity contribution >= 4 is 45.3 Å². The highest BCUT2D eigenvalue weighted by atomic mass is 127. The molecule has 2 aromatic carbocycles. The summed E-state index contributed by atoms with van der Waals surface area (Å²) in [5, 5.41) is 0.719. The van der Waals surface area contributed by atoms with E-state index < -0.39 is 0 Å². The van der Waals surface area contributed by atoms with Crippen LogP contribution in [0.2, 0.25) is 5.02 Å². The number of nitrogens with two attached hydrogens (primary N) is 1. The maximum absolute atomic E-state index is 6.21. The van der Waals surface area contributed by atoms with Crippen molar-refractivity contribution in [1.82, 2.24) is 4.98 Å². The summed E-state index contributed by atoms with van der Waals surface area (Å²) in [6.45, 7) is 0. The summed E-state index contributed by atoms with van der Waals surface area (Å²) >= 11 is 8.32. The van der Waals surface area contributed by atoms with Crippen molar-refractivity contribution in [2.75, 3.05) is 0 Å². The van der Waals surface area contributed by atoms with E-state index >= 15 is 0 Å². The van der Waals surface area contributed by atoms with Crippen molar-refractivity contribution in [3.8, 4) is 0 Å². The van der Waals surface area contributed by atoms with Crippen molar-refractivity contribution in [3.05, 3.63) is 62.5 Å². The molecule has 5 heteroatoms. The highest BCUT2D eigenvalue weighted by Crippen LogP contribution is 2.25. The number of hydrogen-bond acceptors (Lipinski definition) is 3. The van der Waals surface area contributed by atoms with E-state index in [1.165, 1.54) is 0 Å². The second-order valence-electron chi connectivity index (χ2n) is 4.56. The number of halogens is 2. The number of para-hydroxylation sites is 2. The quantitative estimate of drug-likeness (QED) is 0.668. The first-order valence-electron chi connectivity index (χ1n) is 6.18. The molecule has 0 radical (unpaired) electrons. The van der Waals surface area contributed by atoms with Gasteiger partial charge in [-0.15, -0.1) is 0 Å². The van der Waals surface area contributed by atoms with Crippen LogP contribution in [0.1, 0.15) is 17.5 Å². The number of benzene rings is 2. The number of aromatic nitrogens is 1. The zero-order valence-corrected chi connectivity index (χ0v) is 13.4. The van der Waals surface area contributed by atoms with Crippen LogP contribution in [-0.4, -0.2) is 4.98 Å². The minimum atomic E-state index is -0.183. The van der Waals surface area contributed by atoms with Gasteiger partial charge in [-0.3, -0.25) is 0 Å². The monoisotopic (exact) mass is 398 g/mol. The predicted molar refractivity (Wildman–Crippen MR) is 88.8 cm³/mol. The van der Waals surface area contributed by atoms with E-state index in [-0.39, 0.29) is 6.04 Å². The summed E-state index contributed by atoms with van der Waals surface area (Å²) in [4.78, 5) is 4.44. The molecule has 3 nitrogen and oxygen atoms in total. The number of oxazole rings is 1. The lowest BCUT2D eigenvalue weighted by atomic mass is 10.1. The van der Waals surface area contributed by atoms with Crippen LogP contribution in [0.15, 0.2) is 46.9 Å². The van der Waals surface area contributed by atoms with E-state index in [1.54, 1.807) is 0 Å². The van der Waals surface area contributed by atoms with Crippen LogP contribution in [-0.2, 0) is 6.42 Å². The smallest absolute Gasteiger partial charge is 0.197 e. The van der Waals surface area contributed by atoms with E-state index in [0.29, 0.717) is 12.3 Å². The molecule has 0 aliphatic carbocycles. The summed E-state index contributed by atoms with van der Waals surface area (Å²) < 4.78 is 6.70. The topological polar surface area (TPSA) is 52.0 Å². The Kier molecular flexibility index (Phi) is 3.96. The van der Waals surface area contributed by atoms with Crippen molar-refractivity contribution in [2.45, 2.75) is 12.5 Å². The molecule has 0 amide bonds. The average Bonchev–Trinajstić information content (AvgIpc) is 2.83. The van der Waals surface area contributed by atoms with Crippen molar-refractivity contribution in [1.29, 1.82) is 0 Å². The van der Waals surface area contributed by atoms with E-state index in [0.717, 1.165) is 25.3 Å². The average molecular weight is 399 g/mol. The second-order valence-corrected chi connectivity index (χ2v) is 6.13. The first-order chi connectivity index (χ1) is 9.63. The van der Waals surface area contributed by atoms with Gasteiger partial charge < -0.3 is 10.2 Å². The fourth-order valence-corrected chi connectivity index (χ4v) is 2.58. The van der Waals surface area contributed by atoms with Gasteiger partial charge in [0, 0.05) is 16.0 Å². The molecule has 20 heavy (non-hydrogen) atoms.